The topological polar surface area (TPSA) is 104 Å². The Morgan fingerprint density at radius 1 is 1.19 bits per heavy atom. The second kappa shape index (κ2) is 7.89. The van der Waals surface area contributed by atoms with Gasteiger partial charge < -0.3 is 20.2 Å². The van der Waals surface area contributed by atoms with Crippen LogP contribution < -0.4 is 4.84 Å². The van der Waals surface area contributed by atoms with Gasteiger partial charge in [0.2, 0.25) is 0 Å². The van der Waals surface area contributed by atoms with Crippen LogP contribution in [0.5, 0.6) is 0 Å². The van der Waals surface area contributed by atoms with Gasteiger partial charge >= 0.3 is 0 Å². The lowest BCUT2D eigenvalue weighted by Crippen LogP contribution is -2.40. The number of aliphatic hydroxyl groups is 3. The maximum absolute atomic E-state index is 9.95. The second-order valence-electron chi connectivity index (χ2n) is 4.65. The summed E-state index contributed by atoms with van der Waals surface area (Å²) in [6.07, 6.45) is -0.758. The molecule has 0 saturated heterocycles. The van der Waals surface area contributed by atoms with E-state index in [-0.39, 0.29) is 19.8 Å². The molecule has 2 rings (SSSR count). The highest BCUT2D eigenvalue weighted by Gasteiger charge is 2.13. The Labute approximate surface area is 122 Å². The highest BCUT2D eigenvalue weighted by Crippen LogP contribution is 2.08. The van der Waals surface area contributed by atoms with Gasteiger partial charge in [0.15, 0.2) is 0 Å². The van der Waals surface area contributed by atoms with E-state index < -0.39 is 6.10 Å². The minimum atomic E-state index is -0.758. The maximum Gasteiger partial charge on any atom is 0.144 e. The first-order chi connectivity index (χ1) is 10.2. The summed E-state index contributed by atoms with van der Waals surface area (Å²) in [6, 6.07) is 7.36. The number of nitrogens with zero attached hydrogens (tertiary/aromatic N) is 4. The van der Waals surface area contributed by atoms with Crippen LogP contribution in [0.15, 0.2) is 24.3 Å². The number of benzene rings is 1. The van der Waals surface area contributed by atoms with Crippen molar-refractivity contribution in [1.29, 1.82) is 0 Å². The van der Waals surface area contributed by atoms with Crippen molar-refractivity contribution in [3.63, 3.8) is 0 Å². The average molecular weight is 296 g/mol. The molecule has 0 bridgehead atoms. The van der Waals surface area contributed by atoms with E-state index in [1.54, 1.807) is 4.90 Å². The lowest BCUT2D eigenvalue weighted by molar-refractivity contribution is -0.00431. The zero-order chi connectivity index (χ0) is 15.1. The zero-order valence-corrected chi connectivity index (χ0v) is 11.7. The molecule has 1 aromatic carbocycles. The van der Waals surface area contributed by atoms with E-state index in [4.69, 9.17) is 15.1 Å². The van der Waals surface area contributed by atoms with Crippen LogP contribution in [0.25, 0.3) is 11.0 Å². The number of rotatable bonds is 9. The van der Waals surface area contributed by atoms with Gasteiger partial charge in [-0.15, -0.1) is 5.10 Å². The summed E-state index contributed by atoms with van der Waals surface area (Å²) >= 11 is 0. The monoisotopic (exact) mass is 296 g/mol. The fourth-order valence-corrected chi connectivity index (χ4v) is 2.03. The summed E-state index contributed by atoms with van der Waals surface area (Å²) in [5.41, 5.74) is 1.45. The van der Waals surface area contributed by atoms with E-state index in [9.17, 15) is 5.11 Å². The summed E-state index contributed by atoms with van der Waals surface area (Å²) in [7, 11) is 0. The SMILES string of the molecule is OCCN(CCO)CC(O)COn1nnc2ccccc21. The third-order valence-electron chi connectivity index (χ3n) is 3.01. The van der Waals surface area contributed by atoms with Gasteiger partial charge in [0.25, 0.3) is 0 Å². The molecule has 0 amide bonds. The second-order valence-corrected chi connectivity index (χ2v) is 4.65. The van der Waals surface area contributed by atoms with Crippen LogP contribution in [0.1, 0.15) is 0 Å². The number of aromatic nitrogens is 3. The molecule has 0 radical (unpaired) electrons. The molecule has 21 heavy (non-hydrogen) atoms. The quantitative estimate of drug-likeness (QED) is 0.518. The van der Waals surface area contributed by atoms with Crippen LogP contribution in [-0.4, -0.2) is 80.9 Å². The van der Waals surface area contributed by atoms with Crippen LogP contribution >= 0.6 is 0 Å². The summed E-state index contributed by atoms with van der Waals surface area (Å²) in [5, 5.41) is 35.6. The molecule has 2 aromatic rings. The Hall–Kier alpha value is -1.74. The normalized spacial score (nSPS) is 13.0. The molecule has 0 fully saturated rings. The molecule has 116 valence electrons. The molecule has 1 unspecified atom stereocenters. The molecule has 8 nitrogen and oxygen atoms in total. The Morgan fingerprint density at radius 2 is 1.90 bits per heavy atom. The van der Waals surface area contributed by atoms with Crippen molar-refractivity contribution in [3.05, 3.63) is 24.3 Å². The highest BCUT2D eigenvalue weighted by molar-refractivity contribution is 5.73. The van der Waals surface area contributed by atoms with E-state index in [0.29, 0.717) is 25.2 Å². The first-order valence-corrected chi connectivity index (χ1v) is 6.80. The van der Waals surface area contributed by atoms with Crippen LogP contribution in [0.4, 0.5) is 0 Å². The lowest BCUT2D eigenvalue weighted by Gasteiger charge is -2.23. The van der Waals surface area contributed by atoms with E-state index in [1.807, 2.05) is 24.3 Å². The van der Waals surface area contributed by atoms with Crippen LogP contribution in [0.3, 0.4) is 0 Å². The molecule has 3 N–H and O–H groups in total. The summed E-state index contributed by atoms with van der Waals surface area (Å²) < 4.78 is 0. The fraction of sp³-hybridized carbons (Fsp3) is 0.538. The Morgan fingerprint density at radius 3 is 2.62 bits per heavy atom. The van der Waals surface area contributed by atoms with Crippen LogP contribution in [0, 0.1) is 0 Å². The first-order valence-electron chi connectivity index (χ1n) is 6.80. The molecule has 0 spiro atoms. The van der Waals surface area contributed by atoms with Crippen molar-refractivity contribution < 1.29 is 20.2 Å². The van der Waals surface area contributed by atoms with Gasteiger partial charge in [-0.2, -0.15) is 0 Å². The van der Waals surface area contributed by atoms with Gasteiger partial charge in [-0.3, -0.25) is 4.90 Å². The molecular weight excluding hydrogens is 276 g/mol. The largest absolute Gasteiger partial charge is 0.395 e. The lowest BCUT2D eigenvalue weighted by atomic mass is 10.3. The molecule has 0 aliphatic heterocycles. The number of hydrogen-bond donors (Lipinski definition) is 3. The number of para-hydroxylation sites is 1. The zero-order valence-electron chi connectivity index (χ0n) is 11.7. The van der Waals surface area contributed by atoms with Gasteiger partial charge in [-0.25, -0.2) is 0 Å². The predicted molar refractivity (Wildman–Crippen MR) is 75.6 cm³/mol. The first kappa shape index (κ1) is 15.6. The third-order valence-corrected chi connectivity index (χ3v) is 3.01. The van der Waals surface area contributed by atoms with Crippen molar-refractivity contribution >= 4 is 11.0 Å². The van der Waals surface area contributed by atoms with Crippen molar-refractivity contribution in [3.8, 4) is 0 Å². The number of aliphatic hydroxyl groups excluding tert-OH is 3. The Balaban J connectivity index is 1.87. The summed E-state index contributed by atoms with van der Waals surface area (Å²) in [6.45, 7) is 1.07. The Kier molecular flexibility index (Phi) is 5.88. The summed E-state index contributed by atoms with van der Waals surface area (Å²) in [5.74, 6) is 0. The van der Waals surface area contributed by atoms with E-state index in [1.165, 1.54) is 4.85 Å². The molecule has 1 atom stereocenters. The molecule has 8 heteroatoms. The van der Waals surface area contributed by atoms with Gasteiger partial charge in [0.1, 0.15) is 23.7 Å². The van der Waals surface area contributed by atoms with Crippen molar-refractivity contribution in [2.45, 2.75) is 6.10 Å². The minimum Gasteiger partial charge on any atom is -0.395 e. The van der Waals surface area contributed by atoms with Crippen molar-refractivity contribution in [2.24, 2.45) is 0 Å². The van der Waals surface area contributed by atoms with Gasteiger partial charge in [0.05, 0.1) is 13.2 Å². The van der Waals surface area contributed by atoms with Gasteiger partial charge in [-0.1, -0.05) is 17.0 Å². The minimum absolute atomic E-state index is 0.0265. The standard InChI is InChI=1S/C13H20N4O4/c18-7-5-16(6-8-19)9-11(20)10-21-17-13-4-2-1-3-12(13)14-15-17/h1-4,11,18-20H,5-10H2. The molecule has 0 saturated carbocycles. The third kappa shape index (κ3) is 4.36. The molecule has 1 heterocycles. The smallest absolute Gasteiger partial charge is 0.144 e. The predicted octanol–water partition coefficient (Wildman–Crippen LogP) is -1.49. The van der Waals surface area contributed by atoms with Crippen molar-refractivity contribution in [2.75, 3.05) is 39.5 Å². The van der Waals surface area contributed by atoms with Gasteiger partial charge in [-0.05, 0) is 17.3 Å². The average Bonchev–Trinajstić information content (AvgIpc) is 2.89. The van der Waals surface area contributed by atoms with Gasteiger partial charge in [0, 0.05) is 19.6 Å². The molecule has 0 aliphatic carbocycles. The van der Waals surface area contributed by atoms with Crippen LogP contribution in [0.2, 0.25) is 0 Å². The van der Waals surface area contributed by atoms with Crippen LogP contribution in [-0.2, 0) is 0 Å². The van der Waals surface area contributed by atoms with E-state index >= 15 is 0 Å². The summed E-state index contributed by atoms with van der Waals surface area (Å²) in [4.78, 5) is 8.46. The Bertz CT molecular complexity index is 542. The number of hydrogen-bond acceptors (Lipinski definition) is 7. The van der Waals surface area contributed by atoms with E-state index in [2.05, 4.69) is 10.3 Å². The molecular formula is C13H20N4O4. The van der Waals surface area contributed by atoms with Crippen molar-refractivity contribution in [1.82, 2.24) is 20.1 Å². The van der Waals surface area contributed by atoms with E-state index in [0.717, 1.165) is 5.52 Å². The fourth-order valence-electron chi connectivity index (χ4n) is 2.03. The number of fused-ring (bicyclic) bond motifs is 1. The molecule has 0 aliphatic rings. The highest BCUT2D eigenvalue weighted by atomic mass is 16.7. The maximum atomic E-state index is 9.95. The molecule has 1 aromatic heterocycles.